The third-order valence-electron chi connectivity index (χ3n) is 4.95. The topological polar surface area (TPSA) is 171 Å². The summed E-state index contributed by atoms with van der Waals surface area (Å²) in [5.41, 5.74) is 12.7. The molecule has 0 atom stereocenters. The number of nitrogen functional groups attached to an aromatic ring is 1. The number of phenols is 1. The zero-order valence-corrected chi connectivity index (χ0v) is 18.0. The number of nitrogens with two attached hydrogens (primary N) is 1. The van der Waals surface area contributed by atoms with E-state index < -0.39 is 5.91 Å². The van der Waals surface area contributed by atoms with Gasteiger partial charge in [0.25, 0.3) is 5.91 Å². The Morgan fingerprint density at radius 2 is 2.06 bits per heavy atom. The van der Waals surface area contributed by atoms with E-state index in [2.05, 4.69) is 42.7 Å². The first-order valence-corrected chi connectivity index (χ1v) is 9.88. The van der Waals surface area contributed by atoms with Crippen LogP contribution in [0.25, 0.3) is 11.5 Å². The van der Waals surface area contributed by atoms with Gasteiger partial charge in [-0.3, -0.25) is 15.6 Å². The average molecular weight is 444 g/mol. The number of hydrogen-bond donors (Lipinski definition) is 5. The predicted octanol–water partition coefficient (Wildman–Crippen LogP) is -0.723. The van der Waals surface area contributed by atoms with Crippen molar-refractivity contribution in [3.63, 3.8) is 0 Å². The molecule has 2 heterocycles. The van der Waals surface area contributed by atoms with Crippen molar-refractivity contribution in [2.75, 3.05) is 25.9 Å². The fourth-order valence-electron chi connectivity index (χ4n) is 3.01. The van der Waals surface area contributed by atoms with E-state index in [1.54, 1.807) is 12.1 Å². The van der Waals surface area contributed by atoms with Gasteiger partial charge < -0.3 is 20.5 Å². The molecule has 13 heteroatoms. The second-order valence-electron chi connectivity index (χ2n) is 6.85. The largest absolute Gasteiger partial charge is 0.504 e. The fraction of sp³-hybridized carbons (Fsp3) is 0.316. The molecule has 3 rings (SSSR count). The second-order valence-corrected chi connectivity index (χ2v) is 6.85. The number of methoxy groups -OCH3 is 1. The van der Waals surface area contributed by atoms with E-state index in [-0.39, 0.29) is 28.8 Å². The molecular formula is C19H26N9O4+. The second kappa shape index (κ2) is 9.78. The van der Waals surface area contributed by atoms with Crippen LogP contribution in [-0.2, 0) is 6.54 Å². The number of rotatable bonds is 10. The third kappa shape index (κ3) is 4.62. The molecule has 32 heavy (non-hydrogen) atoms. The van der Waals surface area contributed by atoms with Gasteiger partial charge in [0.2, 0.25) is 11.6 Å². The fourth-order valence-corrected chi connectivity index (χ4v) is 3.01. The highest BCUT2D eigenvalue weighted by Crippen LogP contribution is 2.28. The van der Waals surface area contributed by atoms with Crippen LogP contribution in [0.2, 0.25) is 0 Å². The van der Waals surface area contributed by atoms with E-state index >= 15 is 0 Å². The summed E-state index contributed by atoms with van der Waals surface area (Å²) >= 11 is 0. The SMILES string of the molecule is C=C(NNC(=O)c1nnn(-c2nonc2N)c1C[NH+](CC)CC)c1ccc(O)c(OC)c1. The van der Waals surface area contributed by atoms with Crippen LogP contribution in [0.5, 0.6) is 11.5 Å². The summed E-state index contributed by atoms with van der Waals surface area (Å²) in [7, 11) is 1.44. The summed E-state index contributed by atoms with van der Waals surface area (Å²) in [5, 5.41) is 25.1. The number of aromatic hydroxyl groups is 1. The molecule has 170 valence electrons. The smallest absolute Gasteiger partial charge is 0.292 e. The van der Waals surface area contributed by atoms with Crippen molar-refractivity contribution in [3.05, 3.63) is 41.7 Å². The van der Waals surface area contributed by atoms with E-state index in [0.29, 0.717) is 23.5 Å². The molecule has 2 aromatic heterocycles. The monoisotopic (exact) mass is 444 g/mol. The number of hydrazine groups is 1. The van der Waals surface area contributed by atoms with Crippen LogP contribution >= 0.6 is 0 Å². The zero-order chi connectivity index (χ0) is 23.3. The van der Waals surface area contributed by atoms with E-state index in [1.807, 2.05) is 13.8 Å². The van der Waals surface area contributed by atoms with Crippen molar-refractivity contribution in [2.45, 2.75) is 20.4 Å². The minimum Gasteiger partial charge on any atom is -0.504 e. The van der Waals surface area contributed by atoms with Gasteiger partial charge in [0, 0.05) is 5.56 Å². The summed E-state index contributed by atoms with van der Waals surface area (Å²) in [6.45, 7) is 10.1. The first-order chi connectivity index (χ1) is 15.4. The molecular weight excluding hydrogens is 418 g/mol. The highest BCUT2D eigenvalue weighted by molar-refractivity contribution is 5.93. The highest BCUT2D eigenvalue weighted by atomic mass is 16.6. The Bertz CT molecular complexity index is 1100. The first-order valence-electron chi connectivity index (χ1n) is 9.88. The number of nitrogens with one attached hydrogen (secondary N) is 3. The quantitative estimate of drug-likeness (QED) is 0.251. The maximum absolute atomic E-state index is 12.9. The van der Waals surface area contributed by atoms with Crippen LogP contribution in [0, 0.1) is 0 Å². The number of anilines is 1. The van der Waals surface area contributed by atoms with E-state index in [9.17, 15) is 9.90 Å². The Morgan fingerprint density at radius 1 is 1.31 bits per heavy atom. The van der Waals surface area contributed by atoms with Gasteiger partial charge in [-0.2, -0.15) is 4.68 Å². The summed E-state index contributed by atoms with van der Waals surface area (Å²) in [5.74, 6) is -0.0605. The zero-order valence-electron chi connectivity index (χ0n) is 18.0. The molecule has 0 bridgehead atoms. The standard InChI is InChI=1S/C19H25N9O4/c1-5-27(6-2)10-13-16(22-26-28(13)18-17(20)24-32-25-18)19(30)23-21-11(3)12-7-8-14(29)15(9-12)31-4/h7-9,21,29H,3,5-6,10H2,1-2,4H3,(H2,20,24)(H,23,30)/p+1. The molecule has 13 nitrogen and oxygen atoms in total. The van der Waals surface area contributed by atoms with Gasteiger partial charge in [-0.05, 0) is 42.4 Å². The number of benzene rings is 1. The number of amides is 1. The van der Waals surface area contributed by atoms with Crippen molar-refractivity contribution in [1.29, 1.82) is 0 Å². The minimum absolute atomic E-state index is 0.00476. The lowest BCUT2D eigenvalue weighted by atomic mass is 10.1. The van der Waals surface area contributed by atoms with Crippen molar-refractivity contribution in [2.24, 2.45) is 0 Å². The Morgan fingerprint density at radius 3 is 2.69 bits per heavy atom. The van der Waals surface area contributed by atoms with Gasteiger partial charge in [-0.25, -0.2) is 4.63 Å². The lowest BCUT2D eigenvalue weighted by molar-refractivity contribution is -0.910. The first kappa shape index (κ1) is 22.6. The van der Waals surface area contributed by atoms with E-state index in [1.165, 1.54) is 22.8 Å². The molecule has 0 aliphatic heterocycles. The number of carbonyl (C=O) groups is 1. The molecule has 6 N–H and O–H groups in total. The molecule has 1 aromatic carbocycles. The van der Waals surface area contributed by atoms with Gasteiger partial charge in [-0.1, -0.05) is 11.8 Å². The Labute approximate surface area is 183 Å². The molecule has 0 unspecified atom stereocenters. The Balaban J connectivity index is 1.82. The van der Waals surface area contributed by atoms with Crippen molar-refractivity contribution >= 4 is 17.4 Å². The van der Waals surface area contributed by atoms with Crippen LogP contribution in [0.15, 0.2) is 29.4 Å². The van der Waals surface area contributed by atoms with Gasteiger partial charge in [0.05, 0.1) is 25.9 Å². The maximum atomic E-state index is 12.9. The van der Waals surface area contributed by atoms with Crippen LogP contribution in [0.4, 0.5) is 5.82 Å². The predicted molar refractivity (Wildman–Crippen MR) is 114 cm³/mol. The maximum Gasteiger partial charge on any atom is 0.292 e. The molecule has 0 fully saturated rings. The van der Waals surface area contributed by atoms with Crippen molar-refractivity contribution in [3.8, 4) is 17.3 Å². The molecule has 0 spiro atoms. The highest BCUT2D eigenvalue weighted by Gasteiger charge is 2.26. The summed E-state index contributed by atoms with van der Waals surface area (Å²) in [6, 6.07) is 4.68. The molecule has 0 radical (unpaired) electrons. The molecule has 1 amide bonds. The summed E-state index contributed by atoms with van der Waals surface area (Å²) < 4.78 is 11.1. The lowest BCUT2D eigenvalue weighted by Crippen LogP contribution is -3.10. The Kier molecular flexibility index (Phi) is 6.90. The van der Waals surface area contributed by atoms with E-state index in [4.69, 9.17) is 10.5 Å². The van der Waals surface area contributed by atoms with Gasteiger partial charge in [0.15, 0.2) is 17.2 Å². The van der Waals surface area contributed by atoms with Crippen LogP contribution in [0.3, 0.4) is 0 Å². The number of hydrogen-bond acceptors (Lipinski definition) is 10. The van der Waals surface area contributed by atoms with Gasteiger partial charge >= 0.3 is 0 Å². The average Bonchev–Trinajstić information content (AvgIpc) is 3.41. The molecule has 0 aliphatic rings. The van der Waals surface area contributed by atoms with Gasteiger partial charge in [0.1, 0.15) is 12.2 Å². The third-order valence-corrected chi connectivity index (χ3v) is 4.95. The van der Waals surface area contributed by atoms with Gasteiger partial charge in [-0.15, -0.1) is 5.10 Å². The van der Waals surface area contributed by atoms with Crippen molar-refractivity contribution in [1.82, 2.24) is 36.2 Å². The molecule has 0 saturated heterocycles. The lowest BCUT2D eigenvalue weighted by Gasteiger charge is -2.16. The van der Waals surface area contributed by atoms with Crippen molar-refractivity contribution < 1.29 is 24.2 Å². The minimum atomic E-state index is -0.528. The molecule has 3 aromatic rings. The summed E-state index contributed by atoms with van der Waals surface area (Å²) in [4.78, 5) is 14.1. The summed E-state index contributed by atoms with van der Waals surface area (Å²) in [6.07, 6.45) is 0. The molecule has 0 saturated carbocycles. The number of nitrogens with zero attached hydrogens (tertiary/aromatic N) is 5. The van der Waals surface area contributed by atoms with E-state index in [0.717, 1.165) is 13.1 Å². The molecule has 0 aliphatic carbocycles. The number of quaternary nitrogens is 1. The van der Waals surface area contributed by atoms with Crippen LogP contribution in [0.1, 0.15) is 35.6 Å². The number of aromatic nitrogens is 5. The number of ether oxygens (including phenoxy) is 1. The van der Waals surface area contributed by atoms with Crippen LogP contribution < -0.4 is 26.2 Å². The van der Waals surface area contributed by atoms with Crippen LogP contribution in [-0.4, -0.2) is 56.5 Å². The Hall–Kier alpha value is -4.13. The number of phenolic OH excluding ortho intramolecular Hbond substituents is 1. The normalized spacial score (nSPS) is 10.9. The number of carbonyl (C=O) groups excluding carboxylic acids is 1.